The minimum Gasteiger partial charge on any atom is -0.440 e. The Kier molecular flexibility index (Phi) is 9.51. The summed E-state index contributed by atoms with van der Waals surface area (Å²) in [6, 6.07) is 43.5. The Morgan fingerprint density at radius 1 is 0.457 bits per heavy atom. The standard InChI is InChI=1S/C66H75BN2O/c1-60(2,3)41-21-24-44(25-22-41)68-54-34-43(62(7,8)9)35-55-58(54)67(57-46-36-49-50(39-56(46)70-59(57)68)66(15)31-29-65(49,14)30-32-66)51-37-47-48(64(12,13)28-27-63(47,10)11)38-53(51)69(55)52-26-23-42(61(4,5)6)33-45(52)40-19-17-16-18-20-40/h16-26,33-39H,27-32H2,1-15H3. The first kappa shape index (κ1) is 45.6. The van der Waals surface area contributed by atoms with Gasteiger partial charge in [-0.25, -0.2) is 0 Å². The van der Waals surface area contributed by atoms with Crippen LogP contribution in [0.3, 0.4) is 0 Å². The molecule has 6 aromatic carbocycles. The average Bonchev–Trinajstić information content (AvgIpc) is 3.68. The fourth-order valence-corrected chi connectivity index (χ4v) is 13.6. The fourth-order valence-electron chi connectivity index (χ4n) is 13.6. The molecule has 3 heterocycles. The quantitative estimate of drug-likeness (QED) is 0.165. The van der Waals surface area contributed by atoms with Crippen molar-refractivity contribution in [3.05, 3.63) is 148 Å². The zero-order valence-corrected chi connectivity index (χ0v) is 45.0. The Balaban J connectivity index is 1.25. The normalized spacial score (nSPS) is 21.8. The van der Waals surface area contributed by atoms with Crippen LogP contribution in [0.4, 0.5) is 34.3 Å². The molecule has 1 saturated carbocycles. The molecule has 2 aliphatic heterocycles. The van der Waals surface area contributed by atoms with Gasteiger partial charge in [0.2, 0.25) is 5.88 Å². The summed E-state index contributed by atoms with van der Waals surface area (Å²) in [5.74, 6) is 0.967. The Labute approximate surface area is 420 Å². The van der Waals surface area contributed by atoms with Crippen LogP contribution in [0.5, 0.6) is 0 Å². The highest BCUT2D eigenvalue weighted by Gasteiger charge is 2.52. The average molecular weight is 923 g/mol. The van der Waals surface area contributed by atoms with Crippen molar-refractivity contribution in [1.29, 1.82) is 0 Å². The summed E-state index contributed by atoms with van der Waals surface area (Å²) in [4.78, 5) is 5.24. The third kappa shape index (κ3) is 6.66. The van der Waals surface area contributed by atoms with Crippen LogP contribution < -0.4 is 26.2 Å². The molecule has 2 bridgehead atoms. The summed E-state index contributed by atoms with van der Waals surface area (Å²) in [6.45, 7) is 36.1. The molecule has 0 atom stereocenters. The zero-order chi connectivity index (χ0) is 49.5. The summed E-state index contributed by atoms with van der Waals surface area (Å²) in [5.41, 5.74) is 23.9. The maximum absolute atomic E-state index is 7.63. The number of benzene rings is 6. The molecule has 0 radical (unpaired) electrons. The van der Waals surface area contributed by atoms with Gasteiger partial charge in [-0.2, -0.15) is 0 Å². The number of anilines is 6. The minimum absolute atomic E-state index is 0.0165. The van der Waals surface area contributed by atoms with Crippen LogP contribution in [0.2, 0.25) is 0 Å². The van der Waals surface area contributed by atoms with Gasteiger partial charge in [-0.05, 0) is 186 Å². The lowest BCUT2D eigenvalue weighted by molar-refractivity contribution is 0.188. The first-order valence-corrected chi connectivity index (χ1v) is 26.7. The van der Waals surface area contributed by atoms with Crippen LogP contribution in [-0.2, 0) is 37.9 Å². The van der Waals surface area contributed by atoms with Crippen molar-refractivity contribution in [2.45, 2.75) is 180 Å². The predicted octanol–water partition coefficient (Wildman–Crippen LogP) is 16.5. The second kappa shape index (κ2) is 14.6. The van der Waals surface area contributed by atoms with E-state index in [1.165, 1.54) is 115 Å². The van der Waals surface area contributed by atoms with Gasteiger partial charge in [0.15, 0.2) is 0 Å². The third-order valence-electron chi connectivity index (χ3n) is 18.6. The molecule has 0 spiro atoms. The molecule has 0 amide bonds. The van der Waals surface area contributed by atoms with E-state index < -0.39 is 0 Å². The van der Waals surface area contributed by atoms with Crippen molar-refractivity contribution in [1.82, 2.24) is 0 Å². The Morgan fingerprint density at radius 3 is 1.59 bits per heavy atom. The van der Waals surface area contributed by atoms with E-state index in [1.54, 1.807) is 5.56 Å². The number of hydrogen-bond donors (Lipinski definition) is 0. The monoisotopic (exact) mass is 923 g/mol. The van der Waals surface area contributed by atoms with Crippen LogP contribution >= 0.6 is 0 Å². The van der Waals surface area contributed by atoms with Gasteiger partial charge in [0, 0.05) is 39.2 Å². The molecule has 0 unspecified atom stereocenters. The Hall–Kier alpha value is -5.48. The first-order valence-electron chi connectivity index (χ1n) is 26.7. The third-order valence-corrected chi connectivity index (χ3v) is 18.6. The van der Waals surface area contributed by atoms with Gasteiger partial charge in [-0.1, -0.05) is 158 Å². The first-order chi connectivity index (χ1) is 32.8. The van der Waals surface area contributed by atoms with Gasteiger partial charge in [-0.3, -0.25) is 4.90 Å². The number of hydrogen-bond acceptors (Lipinski definition) is 3. The van der Waals surface area contributed by atoms with Crippen molar-refractivity contribution >= 4 is 68.4 Å². The molecule has 0 saturated heterocycles. The highest BCUT2D eigenvalue weighted by atomic mass is 16.4. The molecular formula is C66H75BN2O. The summed E-state index contributed by atoms with van der Waals surface area (Å²) in [7, 11) is 0. The van der Waals surface area contributed by atoms with Crippen LogP contribution in [0, 0.1) is 0 Å². The highest BCUT2D eigenvalue weighted by molar-refractivity contribution is 7.01. The molecule has 0 N–H and O–H groups in total. The lowest BCUT2D eigenvalue weighted by Crippen LogP contribution is -2.61. The van der Waals surface area contributed by atoms with Crippen molar-refractivity contribution in [2.75, 3.05) is 9.80 Å². The number of furan rings is 1. The molecule has 1 aromatic heterocycles. The van der Waals surface area contributed by atoms with Crippen LogP contribution in [-0.4, -0.2) is 6.71 Å². The van der Waals surface area contributed by atoms with Gasteiger partial charge in [-0.15, -0.1) is 0 Å². The van der Waals surface area contributed by atoms with E-state index in [0.717, 1.165) is 30.0 Å². The van der Waals surface area contributed by atoms with Crippen LogP contribution in [0.15, 0.2) is 114 Å². The lowest BCUT2D eigenvalue weighted by atomic mass is 9.33. The SMILES string of the molecule is CC(C)(C)c1ccc(N2c3cc(C(C)(C)C)cc4c3B(c3cc5c(cc3N4c3ccc(C(C)(C)C)cc3-c3ccccc3)C(C)(C)CCC5(C)C)c3c2oc2cc4c(cc32)C2(C)CCC4(C)CC2)cc1. The van der Waals surface area contributed by atoms with Crippen molar-refractivity contribution in [2.24, 2.45) is 0 Å². The summed E-state index contributed by atoms with van der Waals surface area (Å²) >= 11 is 0. The summed E-state index contributed by atoms with van der Waals surface area (Å²) in [5, 5.41) is 1.28. The molecule has 358 valence electrons. The van der Waals surface area contributed by atoms with Gasteiger partial charge in [0.05, 0.1) is 5.69 Å². The molecule has 3 nitrogen and oxygen atoms in total. The second-order valence-corrected chi connectivity index (χ2v) is 27.5. The van der Waals surface area contributed by atoms with E-state index in [1.807, 2.05) is 0 Å². The predicted molar refractivity (Wildman–Crippen MR) is 300 cm³/mol. The largest absolute Gasteiger partial charge is 0.440 e. The Morgan fingerprint density at radius 2 is 1.00 bits per heavy atom. The van der Waals surface area contributed by atoms with Crippen LogP contribution in [0.1, 0.15) is 181 Å². The molecule has 1 fully saturated rings. The maximum Gasteiger partial charge on any atom is 0.257 e. The number of nitrogens with zero attached hydrogens (tertiary/aromatic N) is 2. The second-order valence-electron chi connectivity index (χ2n) is 27.5. The lowest BCUT2D eigenvalue weighted by Gasteiger charge is -2.52. The molecule has 4 aliphatic carbocycles. The maximum atomic E-state index is 7.63. The molecule has 70 heavy (non-hydrogen) atoms. The van der Waals surface area contributed by atoms with E-state index in [-0.39, 0.29) is 44.6 Å². The summed E-state index contributed by atoms with van der Waals surface area (Å²) in [6.07, 6.45) is 7.28. The number of rotatable bonds is 3. The van der Waals surface area contributed by atoms with E-state index in [9.17, 15) is 0 Å². The van der Waals surface area contributed by atoms with Crippen molar-refractivity contribution < 1.29 is 4.42 Å². The smallest absolute Gasteiger partial charge is 0.257 e. The van der Waals surface area contributed by atoms with Crippen molar-refractivity contribution in [3.8, 4) is 11.1 Å². The van der Waals surface area contributed by atoms with Crippen LogP contribution in [0.25, 0.3) is 22.1 Å². The van der Waals surface area contributed by atoms with E-state index >= 15 is 0 Å². The van der Waals surface area contributed by atoms with Gasteiger partial charge in [0.25, 0.3) is 6.71 Å². The van der Waals surface area contributed by atoms with E-state index in [2.05, 4.69) is 223 Å². The molecule has 4 heteroatoms. The topological polar surface area (TPSA) is 19.6 Å². The fraction of sp³-hybridized carbons (Fsp3) is 0.424. The zero-order valence-electron chi connectivity index (χ0n) is 45.0. The van der Waals surface area contributed by atoms with E-state index in [0.29, 0.717) is 0 Å². The molecular weight excluding hydrogens is 848 g/mol. The number of fused-ring (bicyclic) bond motifs is 9. The summed E-state index contributed by atoms with van der Waals surface area (Å²) < 4.78 is 7.63. The minimum atomic E-state index is -0.146. The molecule has 13 rings (SSSR count). The van der Waals surface area contributed by atoms with E-state index in [4.69, 9.17) is 4.42 Å². The Bertz CT molecular complexity index is 3300. The van der Waals surface area contributed by atoms with Crippen molar-refractivity contribution in [3.63, 3.8) is 0 Å². The molecule has 6 aliphatic rings. The van der Waals surface area contributed by atoms with Gasteiger partial charge >= 0.3 is 0 Å². The highest BCUT2D eigenvalue weighted by Crippen LogP contribution is 2.58. The molecule has 7 aromatic rings. The van der Waals surface area contributed by atoms with Gasteiger partial charge < -0.3 is 9.32 Å². The van der Waals surface area contributed by atoms with Gasteiger partial charge in [0.1, 0.15) is 5.58 Å².